The van der Waals surface area contributed by atoms with Crippen LogP contribution in [0.3, 0.4) is 0 Å². The Hall–Kier alpha value is -2.30. The Kier molecular flexibility index (Phi) is 35.1. The van der Waals surface area contributed by atoms with Crippen molar-refractivity contribution in [2.45, 2.75) is 187 Å². The third kappa shape index (κ3) is 36.4. The Morgan fingerprint density at radius 1 is 0.585 bits per heavy atom. The first kappa shape index (κ1) is 50.7. The summed E-state index contributed by atoms with van der Waals surface area (Å²) in [7, 11) is -4.72. The smallest absolute Gasteiger partial charge is 0.472 e. The second-order valence-corrected chi connectivity index (χ2v) is 15.2. The molecule has 0 aromatic rings. The van der Waals surface area contributed by atoms with Crippen LogP contribution in [0.4, 0.5) is 0 Å². The minimum Gasteiger partial charge on any atom is -0.480 e. The van der Waals surface area contributed by atoms with E-state index in [1.54, 1.807) is 0 Å². The van der Waals surface area contributed by atoms with Gasteiger partial charge in [-0.25, -0.2) is 4.57 Å². The van der Waals surface area contributed by atoms with E-state index in [2.05, 4.69) is 54.8 Å². The van der Waals surface area contributed by atoms with Gasteiger partial charge in [0, 0.05) is 12.8 Å². The van der Waals surface area contributed by atoms with Gasteiger partial charge in [-0.05, 0) is 64.2 Å². The summed E-state index contributed by atoms with van der Waals surface area (Å²) in [6, 6.07) is -1.52. The van der Waals surface area contributed by atoms with Crippen LogP contribution in [0.2, 0.25) is 0 Å². The lowest BCUT2D eigenvalue weighted by atomic mass is 10.1. The minimum atomic E-state index is -4.72. The summed E-state index contributed by atoms with van der Waals surface area (Å²) in [6.45, 7) is 2.72. The lowest BCUT2D eigenvalue weighted by Gasteiger charge is -2.20. The van der Waals surface area contributed by atoms with Crippen molar-refractivity contribution in [2.24, 2.45) is 5.73 Å². The maximum Gasteiger partial charge on any atom is 0.472 e. The number of esters is 2. The van der Waals surface area contributed by atoms with Gasteiger partial charge in [-0.1, -0.05) is 134 Å². The van der Waals surface area contributed by atoms with Gasteiger partial charge in [0.1, 0.15) is 12.6 Å². The van der Waals surface area contributed by atoms with Crippen LogP contribution < -0.4 is 5.73 Å². The molecule has 53 heavy (non-hydrogen) atoms. The molecule has 0 aromatic carbocycles. The zero-order valence-corrected chi connectivity index (χ0v) is 34.0. The summed E-state index contributed by atoms with van der Waals surface area (Å²) >= 11 is 0. The summed E-state index contributed by atoms with van der Waals surface area (Å²) in [5.74, 6) is -2.42. The van der Waals surface area contributed by atoms with Crippen molar-refractivity contribution in [2.75, 3.05) is 19.8 Å². The molecular weight excluding hydrogens is 697 g/mol. The third-order valence-corrected chi connectivity index (χ3v) is 9.56. The third-order valence-electron chi connectivity index (χ3n) is 8.61. The van der Waals surface area contributed by atoms with E-state index in [1.165, 1.54) is 64.2 Å². The molecule has 0 saturated heterocycles. The van der Waals surface area contributed by atoms with Crippen LogP contribution in [0, 0.1) is 0 Å². The SMILES string of the molecule is CCCC/C=C/C/C=C/CCCCCCCC(=O)O[C@H](COC(=O)CCCCC/C=C/CCCCCCCCCC)COP(=O)(O)OC[C@H](N)C(=O)O. The Balaban J connectivity index is 4.44. The molecule has 0 amide bonds. The zero-order chi connectivity index (χ0) is 39.3. The van der Waals surface area contributed by atoms with Crippen LogP contribution in [0.1, 0.15) is 174 Å². The largest absolute Gasteiger partial charge is 0.480 e. The number of nitrogens with two attached hydrogens (primary N) is 1. The average molecular weight is 772 g/mol. The van der Waals surface area contributed by atoms with Crippen molar-refractivity contribution in [1.29, 1.82) is 0 Å². The highest BCUT2D eigenvalue weighted by atomic mass is 31.2. The van der Waals surface area contributed by atoms with Crippen LogP contribution in [0.5, 0.6) is 0 Å². The molecular formula is C41H74NO10P. The van der Waals surface area contributed by atoms with Crippen LogP contribution in [-0.2, 0) is 37.5 Å². The second kappa shape index (κ2) is 36.7. The van der Waals surface area contributed by atoms with Crippen LogP contribution in [0.25, 0.3) is 0 Å². The molecule has 4 N–H and O–H groups in total. The van der Waals surface area contributed by atoms with Gasteiger partial charge in [0.25, 0.3) is 0 Å². The van der Waals surface area contributed by atoms with E-state index in [0.717, 1.165) is 70.6 Å². The first-order chi connectivity index (χ1) is 25.6. The van der Waals surface area contributed by atoms with E-state index in [9.17, 15) is 23.8 Å². The fourth-order valence-corrected chi connectivity index (χ4v) is 6.09. The number of allylic oxidation sites excluding steroid dienone is 6. The number of hydrogen-bond acceptors (Lipinski definition) is 9. The molecule has 0 rings (SSSR count). The second-order valence-electron chi connectivity index (χ2n) is 13.8. The fraction of sp³-hybridized carbons (Fsp3) is 0.780. The van der Waals surface area contributed by atoms with E-state index in [4.69, 9.17) is 24.8 Å². The Morgan fingerprint density at radius 3 is 1.57 bits per heavy atom. The van der Waals surface area contributed by atoms with Gasteiger partial charge in [-0.3, -0.25) is 23.4 Å². The van der Waals surface area contributed by atoms with E-state index in [-0.39, 0.29) is 19.4 Å². The van der Waals surface area contributed by atoms with E-state index >= 15 is 0 Å². The van der Waals surface area contributed by atoms with Gasteiger partial charge >= 0.3 is 25.7 Å². The molecule has 0 aromatic heterocycles. The molecule has 0 heterocycles. The topological polar surface area (TPSA) is 172 Å². The van der Waals surface area contributed by atoms with Crippen molar-refractivity contribution in [3.63, 3.8) is 0 Å². The number of phosphoric acid groups is 1. The van der Waals surface area contributed by atoms with Crippen LogP contribution in [0.15, 0.2) is 36.5 Å². The zero-order valence-electron chi connectivity index (χ0n) is 33.1. The summed E-state index contributed by atoms with van der Waals surface area (Å²) in [5.41, 5.74) is 5.32. The average Bonchev–Trinajstić information content (AvgIpc) is 3.13. The highest BCUT2D eigenvalue weighted by Crippen LogP contribution is 2.43. The quantitative estimate of drug-likeness (QED) is 0.0236. The summed E-state index contributed by atoms with van der Waals surface area (Å²) in [6.07, 6.45) is 37.8. The molecule has 0 fully saturated rings. The number of aliphatic carboxylic acids is 1. The van der Waals surface area contributed by atoms with Crippen molar-refractivity contribution in [3.8, 4) is 0 Å². The van der Waals surface area contributed by atoms with Crippen molar-refractivity contribution in [1.82, 2.24) is 0 Å². The summed E-state index contributed by atoms with van der Waals surface area (Å²) in [5, 5.41) is 8.87. The molecule has 0 spiro atoms. The highest BCUT2D eigenvalue weighted by Gasteiger charge is 2.28. The van der Waals surface area contributed by atoms with E-state index in [1.807, 2.05) is 0 Å². The number of carboxylic acid groups (broad SMARTS) is 1. The molecule has 0 aliphatic carbocycles. The summed E-state index contributed by atoms with van der Waals surface area (Å²) in [4.78, 5) is 45.8. The van der Waals surface area contributed by atoms with Crippen molar-refractivity contribution >= 4 is 25.7 Å². The van der Waals surface area contributed by atoms with E-state index in [0.29, 0.717) is 12.8 Å². The normalized spacial score (nSPS) is 14.2. The number of carboxylic acids is 1. The predicted octanol–water partition coefficient (Wildman–Crippen LogP) is 10.4. The summed E-state index contributed by atoms with van der Waals surface area (Å²) < 4.78 is 32.6. The van der Waals surface area contributed by atoms with Gasteiger partial charge in [0.2, 0.25) is 0 Å². The van der Waals surface area contributed by atoms with Gasteiger partial charge in [-0.15, -0.1) is 0 Å². The number of carbonyl (C=O) groups excluding carboxylic acids is 2. The lowest BCUT2D eigenvalue weighted by Crippen LogP contribution is -2.34. The molecule has 3 atom stereocenters. The maximum absolute atomic E-state index is 12.6. The van der Waals surface area contributed by atoms with E-state index < -0.39 is 51.1 Å². The Bertz CT molecular complexity index is 1050. The molecule has 0 bridgehead atoms. The standard InChI is InChI=1S/C41H74NO10P/c1-3-5-7-9-11-13-15-17-19-21-22-24-26-28-30-32-39(43)49-34-37(35-50-53(47,48)51-36-38(42)41(45)46)52-40(44)33-31-29-27-25-23-20-18-16-14-12-10-8-6-4-2/h10,12,16,18,21-22,37-38H,3-9,11,13-15,17,19-20,23-36,42H2,1-2H3,(H,45,46)(H,47,48)/b12-10+,18-16+,22-21+/t37-,38+/m1/s1. The number of phosphoric ester groups is 1. The molecule has 0 saturated carbocycles. The highest BCUT2D eigenvalue weighted by molar-refractivity contribution is 7.47. The first-order valence-corrected chi connectivity index (χ1v) is 22.0. The van der Waals surface area contributed by atoms with Gasteiger partial charge in [0.05, 0.1) is 13.2 Å². The Labute approximate surface area is 321 Å². The van der Waals surface area contributed by atoms with Crippen LogP contribution >= 0.6 is 7.82 Å². The molecule has 1 unspecified atom stereocenters. The molecule has 0 aliphatic rings. The van der Waals surface area contributed by atoms with Gasteiger partial charge in [0.15, 0.2) is 6.10 Å². The molecule has 0 aliphatic heterocycles. The van der Waals surface area contributed by atoms with Crippen LogP contribution in [-0.4, -0.2) is 59.9 Å². The molecule has 11 nitrogen and oxygen atoms in total. The number of carbonyl (C=O) groups is 3. The van der Waals surface area contributed by atoms with Crippen molar-refractivity contribution in [3.05, 3.63) is 36.5 Å². The minimum absolute atomic E-state index is 0.142. The number of hydrogen-bond donors (Lipinski definition) is 3. The molecule has 12 heteroatoms. The number of rotatable bonds is 38. The van der Waals surface area contributed by atoms with Gasteiger partial charge in [-0.2, -0.15) is 0 Å². The van der Waals surface area contributed by atoms with Crippen molar-refractivity contribution < 1.29 is 47.5 Å². The maximum atomic E-state index is 12.6. The fourth-order valence-electron chi connectivity index (χ4n) is 5.31. The number of unbranched alkanes of at least 4 members (excludes halogenated alkanes) is 18. The molecule has 308 valence electrons. The first-order valence-electron chi connectivity index (χ1n) is 20.5. The molecule has 0 radical (unpaired) electrons. The number of ether oxygens (including phenoxy) is 2. The predicted molar refractivity (Wildman–Crippen MR) is 212 cm³/mol. The lowest BCUT2D eigenvalue weighted by molar-refractivity contribution is -0.161. The monoisotopic (exact) mass is 772 g/mol. The van der Waals surface area contributed by atoms with Gasteiger partial charge < -0.3 is 25.2 Å². The Morgan fingerprint density at radius 2 is 1.02 bits per heavy atom.